The summed E-state index contributed by atoms with van der Waals surface area (Å²) in [6.07, 6.45) is 3.13. The Morgan fingerprint density at radius 2 is 1.73 bits per heavy atom. The van der Waals surface area contributed by atoms with E-state index in [1.54, 1.807) is 30.5 Å². The van der Waals surface area contributed by atoms with Gasteiger partial charge in [-0.25, -0.2) is 9.18 Å². The van der Waals surface area contributed by atoms with Crippen LogP contribution >= 0.6 is 23.8 Å². The third-order valence-corrected chi connectivity index (χ3v) is 4.71. The number of nitrogens with zero attached hydrogens (tertiary/aromatic N) is 3. The van der Waals surface area contributed by atoms with Crippen LogP contribution in [0.2, 0.25) is 5.02 Å². The quantitative estimate of drug-likeness (QED) is 0.471. The van der Waals surface area contributed by atoms with Gasteiger partial charge in [-0.1, -0.05) is 42.0 Å². The van der Waals surface area contributed by atoms with Gasteiger partial charge in [0.2, 0.25) is 0 Å². The normalized spacial score (nSPS) is 11.0. The van der Waals surface area contributed by atoms with Crippen LogP contribution in [0.1, 0.15) is 0 Å². The molecule has 0 unspecified atom stereocenters. The van der Waals surface area contributed by atoms with Gasteiger partial charge in [0.25, 0.3) is 0 Å². The van der Waals surface area contributed by atoms with E-state index in [4.69, 9.17) is 23.8 Å². The van der Waals surface area contributed by atoms with Gasteiger partial charge in [0.1, 0.15) is 10.5 Å². The van der Waals surface area contributed by atoms with Gasteiger partial charge in [0.05, 0.1) is 28.1 Å². The van der Waals surface area contributed by atoms with Crippen LogP contribution in [0, 0.1) is 10.5 Å². The summed E-state index contributed by atoms with van der Waals surface area (Å²) in [5.41, 5.74) is 1.18. The van der Waals surface area contributed by atoms with Crippen molar-refractivity contribution in [2.45, 2.75) is 0 Å². The lowest BCUT2D eigenvalue weighted by atomic mass is 10.2. The molecule has 2 aromatic heterocycles. The number of halogens is 2. The maximum atomic E-state index is 14.1. The Hall–Kier alpha value is -2.83. The highest BCUT2D eigenvalue weighted by Crippen LogP contribution is 2.25. The Kier molecular flexibility index (Phi) is 4.14. The molecule has 0 saturated heterocycles. The predicted molar refractivity (Wildman–Crippen MR) is 102 cm³/mol. The molecule has 0 atom stereocenters. The number of pyridine rings is 1. The second-order valence-electron chi connectivity index (χ2n) is 5.59. The molecule has 0 fully saturated rings. The Morgan fingerprint density at radius 1 is 1.00 bits per heavy atom. The number of fused-ring (bicyclic) bond motifs is 1. The van der Waals surface area contributed by atoms with E-state index in [1.165, 1.54) is 27.5 Å². The summed E-state index contributed by atoms with van der Waals surface area (Å²) in [5.74, 6) is -0.596. The van der Waals surface area contributed by atoms with Crippen LogP contribution in [0.5, 0.6) is 0 Å². The highest BCUT2D eigenvalue weighted by Gasteiger charge is 2.16. The van der Waals surface area contributed by atoms with E-state index in [2.05, 4.69) is 4.98 Å². The van der Waals surface area contributed by atoms with Crippen LogP contribution in [0.3, 0.4) is 0 Å². The zero-order valence-corrected chi connectivity index (χ0v) is 14.8. The minimum Gasteiger partial charge on any atom is -0.263 e. The second kappa shape index (κ2) is 6.48. The maximum Gasteiger partial charge on any atom is 0.338 e. The molecule has 4 rings (SSSR count). The standard InChI is InChI=1S/C19H11ClFN3OS/c20-15-10-17-14(9-16(15)21)18(26)24(13-7-4-8-22-11-13)19(25)23(17)12-5-2-1-3-6-12/h1-11H. The number of rotatable bonds is 2. The molecule has 4 nitrogen and oxygen atoms in total. The lowest BCUT2D eigenvalue weighted by molar-refractivity contribution is 0.629. The van der Waals surface area contributed by atoms with Gasteiger partial charge in [-0.05, 0) is 36.4 Å². The lowest BCUT2D eigenvalue weighted by Crippen LogP contribution is -2.30. The monoisotopic (exact) mass is 383 g/mol. The first-order valence-electron chi connectivity index (χ1n) is 7.70. The molecule has 26 heavy (non-hydrogen) atoms. The number of para-hydroxylation sites is 1. The Bertz CT molecular complexity index is 1240. The molecule has 0 radical (unpaired) electrons. The van der Waals surface area contributed by atoms with E-state index in [0.717, 1.165) is 0 Å². The molecule has 0 saturated carbocycles. The molecule has 0 aliphatic heterocycles. The van der Waals surface area contributed by atoms with Crippen molar-refractivity contribution in [2.75, 3.05) is 0 Å². The van der Waals surface area contributed by atoms with Crippen molar-refractivity contribution in [3.8, 4) is 11.4 Å². The van der Waals surface area contributed by atoms with Gasteiger partial charge in [-0.15, -0.1) is 0 Å². The topological polar surface area (TPSA) is 39.8 Å². The van der Waals surface area contributed by atoms with E-state index in [-0.39, 0.29) is 15.4 Å². The molecule has 4 aromatic rings. The zero-order chi connectivity index (χ0) is 18.3. The SMILES string of the molecule is O=c1n(-c2cccnc2)c(=S)c2cc(F)c(Cl)cc2n1-c1ccccc1. The highest BCUT2D eigenvalue weighted by molar-refractivity contribution is 7.71. The summed E-state index contributed by atoms with van der Waals surface area (Å²) in [6.45, 7) is 0. The van der Waals surface area contributed by atoms with Gasteiger partial charge < -0.3 is 0 Å². The molecule has 7 heteroatoms. The van der Waals surface area contributed by atoms with Crippen molar-refractivity contribution in [3.05, 3.63) is 93.0 Å². The molecule has 0 bridgehead atoms. The molecule has 0 amide bonds. The number of hydrogen-bond donors (Lipinski definition) is 0. The van der Waals surface area contributed by atoms with Crippen LogP contribution in [0.4, 0.5) is 4.39 Å². The van der Waals surface area contributed by atoms with Crippen molar-refractivity contribution in [2.24, 2.45) is 0 Å². The van der Waals surface area contributed by atoms with Gasteiger partial charge >= 0.3 is 5.69 Å². The molecule has 0 spiro atoms. The molecule has 128 valence electrons. The summed E-state index contributed by atoms with van der Waals surface area (Å²) in [5, 5.41) is 0.337. The third-order valence-electron chi connectivity index (χ3n) is 4.01. The number of benzene rings is 2. The first kappa shape index (κ1) is 16.6. The summed E-state index contributed by atoms with van der Waals surface area (Å²) >= 11 is 11.5. The van der Waals surface area contributed by atoms with Crippen molar-refractivity contribution in [1.82, 2.24) is 14.1 Å². The van der Waals surface area contributed by atoms with Crippen molar-refractivity contribution in [3.63, 3.8) is 0 Å². The number of hydrogen-bond acceptors (Lipinski definition) is 3. The van der Waals surface area contributed by atoms with E-state index >= 15 is 0 Å². The summed E-state index contributed by atoms with van der Waals surface area (Å²) in [7, 11) is 0. The van der Waals surface area contributed by atoms with E-state index < -0.39 is 5.82 Å². The van der Waals surface area contributed by atoms with Crippen LogP contribution in [0.25, 0.3) is 22.3 Å². The zero-order valence-electron chi connectivity index (χ0n) is 13.3. The summed E-state index contributed by atoms with van der Waals surface area (Å²) in [4.78, 5) is 17.3. The van der Waals surface area contributed by atoms with E-state index in [0.29, 0.717) is 22.3 Å². The predicted octanol–water partition coefficient (Wildman–Crippen LogP) is 4.70. The lowest BCUT2D eigenvalue weighted by Gasteiger charge is -2.16. The van der Waals surface area contributed by atoms with Crippen LogP contribution in [-0.2, 0) is 0 Å². The van der Waals surface area contributed by atoms with Crippen molar-refractivity contribution < 1.29 is 4.39 Å². The maximum absolute atomic E-state index is 14.1. The Morgan fingerprint density at radius 3 is 2.42 bits per heavy atom. The van der Waals surface area contributed by atoms with E-state index in [9.17, 15) is 9.18 Å². The molecular formula is C19H11ClFN3OS. The van der Waals surface area contributed by atoms with E-state index in [1.807, 2.05) is 18.2 Å². The fraction of sp³-hybridized carbons (Fsp3) is 0. The van der Waals surface area contributed by atoms with Crippen LogP contribution < -0.4 is 5.69 Å². The summed E-state index contributed by atoms with van der Waals surface area (Å²) in [6, 6.07) is 15.1. The molecule has 2 heterocycles. The Labute approximate surface area is 157 Å². The highest BCUT2D eigenvalue weighted by atomic mass is 35.5. The van der Waals surface area contributed by atoms with Crippen molar-refractivity contribution >= 4 is 34.7 Å². The fourth-order valence-corrected chi connectivity index (χ4v) is 3.35. The smallest absolute Gasteiger partial charge is 0.263 e. The average molecular weight is 384 g/mol. The Balaban J connectivity index is 2.24. The number of aromatic nitrogens is 3. The minimum absolute atomic E-state index is 0.0740. The third kappa shape index (κ3) is 2.64. The molecule has 0 N–H and O–H groups in total. The van der Waals surface area contributed by atoms with Crippen molar-refractivity contribution in [1.29, 1.82) is 0 Å². The fourth-order valence-electron chi connectivity index (χ4n) is 2.84. The largest absolute Gasteiger partial charge is 0.338 e. The molecular weight excluding hydrogens is 373 g/mol. The second-order valence-corrected chi connectivity index (χ2v) is 6.38. The molecule has 0 aliphatic carbocycles. The van der Waals surface area contributed by atoms with Gasteiger partial charge in [0, 0.05) is 11.6 Å². The molecule has 2 aromatic carbocycles. The first-order chi connectivity index (χ1) is 12.6. The van der Waals surface area contributed by atoms with Gasteiger partial charge in [-0.3, -0.25) is 14.1 Å². The first-order valence-corrected chi connectivity index (χ1v) is 8.49. The summed E-state index contributed by atoms with van der Waals surface area (Å²) < 4.78 is 17.1. The van der Waals surface area contributed by atoms with Crippen LogP contribution in [-0.4, -0.2) is 14.1 Å². The van der Waals surface area contributed by atoms with Gasteiger partial charge in [0.15, 0.2) is 0 Å². The van der Waals surface area contributed by atoms with Gasteiger partial charge in [-0.2, -0.15) is 0 Å². The minimum atomic E-state index is -0.596. The molecule has 0 aliphatic rings. The average Bonchev–Trinajstić information content (AvgIpc) is 2.66. The van der Waals surface area contributed by atoms with Crippen LogP contribution in [0.15, 0.2) is 71.8 Å².